The van der Waals surface area contributed by atoms with E-state index in [-0.39, 0.29) is 31.1 Å². The van der Waals surface area contributed by atoms with Gasteiger partial charge in [-0.15, -0.1) is 0 Å². The highest BCUT2D eigenvalue weighted by Crippen LogP contribution is 2.19. The van der Waals surface area contributed by atoms with Crippen molar-refractivity contribution in [1.82, 2.24) is 0 Å². The molecule has 6 heteroatoms. The standard InChI is InChI=1S/C77H146O6/c1-4-7-10-13-16-19-22-25-28-30-32-34-36-37-38-39-40-42-43-45-47-49-52-55-58-61-64-67-70-76(79)82-73-74(72-81-75(78)69-66-63-60-57-54-51-27-24-21-18-15-12-9-6-3)83-77(80)71-68-65-62-59-56-53-50-48-46-44-41-35-33-31-29-26-23-20-17-14-11-8-5-2/h24,27,31,33,74H,4-23,25-26,28-30,32,34-73H2,1-3H3/b27-24-,33-31-. The van der Waals surface area contributed by atoms with Gasteiger partial charge in [-0.05, 0) is 70.6 Å². The Morgan fingerprint density at radius 3 is 0.602 bits per heavy atom. The summed E-state index contributed by atoms with van der Waals surface area (Å²) in [6, 6.07) is 0. The first kappa shape index (κ1) is 80.9. The molecule has 6 nitrogen and oxygen atoms in total. The van der Waals surface area contributed by atoms with E-state index in [0.717, 1.165) is 64.2 Å². The van der Waals surface area contributed by atoms with Crippen LogP contribution in [0.2, 0.25) is 0 Å². The molecular formula is C77H146O6. The van der Waals surface area contributed by atoms with Crippen molar-refractivity contribution in [2.45, 2.75) is 438 Å². The van der Waals surface area contributed by atoms with Gasteiger partial charge in [-0.1, -0.05) is 366 Å². The lowest BCUT2D eigenvalue weighted by atomic mass is 10.0. The topological polar surface area (TPSA) is 78.9 Å². The van der Waals surface area contributed by atoms with Crippen molar-refractivity contribution in [3.63, 3.8) is 0 Å². The fourth-order valence-corrected chi connectivity index (χ4v) is 11.7. The quantitative estimate of drug-likeness (QED) is 0.0261. The molecule has 0 amide bonds. The number of esters is 3. The lowest BCUT2D eigenvalue weighted by Crippen LogP contribution is -2.30. The predicted octanol–water partition coefficient (Wildman–Crippen LogP) is 26.1. The molecule has 83 heavy (non-hydrogen) atoms. The zero-order valence-corrected chi connectivity index (χ0v) is 56.5. The molecule has 0 saturated heterocycles. The molecule has 0 radical (unpaired) electrons. The molecule has 0 aromatic heterocycles. The molecule has 0 heterocycles. The van der Waals surface area contributed by atoms with Crippen molar-refractivity contribution < 1.29 is 28.6 Å². The van der Waals surface area contributed by atoms with Gasteiger partial charge in [0.25, 0.3) is 0 Å². The lowest BCUT2D eigenvalue weighted by Gasteiger charge is -2.18. The fraction of sp³-hybridized carbons (Fsp3) is 0.909. The first-order valence-corrected chi connectivity index (χ1v) is 37.8. The van der Waals surface area contributed by atoms with Gasteiger partial charge in [0.05, 0.1) is 0 Å². The van der Waals surface area contributed by atoms with Crippen LogP contribution in [-0.2, 0) is 28.6 Å². The van der Waals surface area contributed by atoms with Crippen LogP contribution in [0.5, 0.6) is 0 Å². The summed E-state index contributed by atoms with van der Waals surface area (Å²) in [4.78, 5) is 38.5. The predicted molar refractivity (Wildman–Crippen MR) is 363 cm³/mol. The Morgan fingerprint density at radius 2 is 0.398 bits per heavy atom. The molecule has 1 atom stereocenters. The van der Waals surface area contributed by atoms with Crippen LogP contribution >= 0.6 is 0 Å². The molecule has 0 rings (SSSR count). The third kappa shape index (κ3) is 70.5. The molecule has 0 fully saturated rings. The number of ether oxygens (including phenoxy) is 3. The van der Waals surface area contributed by atoms with Crippen molar-refractivity contribution >= 4 is 17.9 Å². The van der Waals surface area contributed by atoms with Gasteiger partial charge < -0.3 is 14.2 Å². The van der Waals surface area contributed by atoms with Gasteiger partial charge in [0.15, 0.2) is 6.10 Å². The Hall–Kier alpha value is -2.11. The van der Waals surface area contributed by atoms with E-state index in [4.69, 9.17) is 14.2 Å². The molecule has 0 aromatic carbocycles. The van der Waals surface area contributed by atoms with Crippen molar-refractivity contribution in [3.8, 4) is 0 Å². The molecule has 0 saturated carbocycles. The van der Waals surface area contributed by atoms with Crippen LogP contribution in [0.1, 0.15) is 432 Å². The van der Waals surface area contributed by atoms with Crippen LogP contribution in [0.25, 0.3) is 0 Å². The minimum absolute atomic E-state index is 0.0683. The molecule has 0 aromatic rings. The van der Waals surface area contributed by atoms with Crippen LogP contribution in [0, 0.1) is 0 Å². The maximum absolute atomic E-state index is 13.0. The zero-order chi connectivity index (χ0) is 59.9. The van der Waals surface area contributed by atoms with E-state index >= 15 is 0 Å². The van der Waals surface area contributed by atoms with Gasteiger partial charge in [-0.25, -0.2) is 0 Å². The normalized spacial score (nSPS) is 12.1. The summed E-state index contributed by atoms with van der Waals surface area (Å²) >= 11 is 0. The van der Waals surface area contributed by atoms with Gasteiger partial charge in [-0.2, -0.15) is 0 Å². The van der Waals surface area contributed by atoms with E-state index in [1.54, 1.807) is 0 Å². The van der Waals surface area contributed by atoms with Crippen LogP contribution in [-0.4, -0.2) is 37.2 Å². The fourth-order valence-electron chi connectivity index (χ4n) is 11.7. The molecule has 0 aliphatic rings. The van der Waals surface area contributed by atoms with Gasteiger partial charge in [0.1, 0.15) is 13.2 Å². The van der Waals surface area contributed by atoms with E-state index in [1.165, 1.54) is 327 Å². The van der Waals surface area contributed by atoms with Gasteiger partial charge in [-0.3, -0.25) is 14.4 Å². The second-order valence-electron chi connectivity index (χ2n) is 25.9. The highest BCUT2D eigenvalue weighted by molar-refractivity contribution is 5.71. The van der Waals surface area contributed by atoms with Crippen LogP contribution < -0.4 is 0 Å². The summed E-state index contributed by atoms with van der Waals surface area (Å²) in [7, 11) is 0. The highest BCUT2D eigenvalue weighted by atomic mass is 16.6. The van der Waals surface area contributed by atoms with Crippen LogP contribution in [0.15, 0.2) is 24.3 Å². The zero-order valence-electron chi connectivity index (χ0n) is 56.5. The Morgan fingerprint density at radius 1 is 0.229 bits per heavy atom. The van der Waals surface area contributed by atoms with Crippen LogP contribution in [0.4, 0.5) is 0 Å². The molecule has 0 bridgehead atoms. The number of carbonyl (C=O) groups excluding carboxylic acids is 3. The Balaban J connectivity index is 4.20. The van der Waals surface area contributed by atoms with E-state index in [9.17, 15) is 14.4 Å². The molecular weight excluding hydrogens is 1020 g/mol. The number of hydrogen-bond acceptors (Lipinski definition) is 6. The SMILES string of the molecule is CCCCCCC/C=C\CCCCCCCC(=O)OCC(COC(=O)CCCCCCCCCCCCCCCCCCCCCCCCCCCCCC)OC(=O)CCCCCCCCCCCCC/C=C\CCCCCCCCCC. The average Bonchev–Trinajstić information content (AvgIpc) is 3.50. The number of rotatable bonds is 71. The number of hydrogen-bond donors (Lipinski definition) is 0. The van der Waals surface area contributed by atoms with Gasteiger partial charge >= 0.3 is 17.9 Å². The number of unbranched alkanes of at least 4 members (excludes halogenated alkanes) is 56. The average molecular weight is 1170 g/mol. The second kappa shape index (κ2) is 72.4. The molecule has 490 valence electrons. The number of allylic oxidation sites excluding steroid dienone is 4. The minimum atomic E-state index is -0.774. The third-order valence-corrected chi connectivity index (χ3v) is 17.4. The van der Waals surface area contributed by atoms with E-state index in [2.05, 4.69) is 45.1 Å². The Kier molecular flexibility index (Phi) is 70.5. The van der Waals surface area contributed by atoms with E-state index in [1.807, 2.05) is 0 Å². The molecule has 0 aliphatic carbocycles. The van der Waals surface area contributed by atoms with E-state index < -0.39 is 6.10 Å². The smallest absolute Gasteiger partial charge is 0.306 e. The molecule has 0 spiro atoms. The van der Waals surface area contributed by atoms with Gasteiger partial charge in [0, 0.05) is 19.3 Å². The summed E-state index contributed by atoms with van der Waals surface area (Å²) in [6.07, 6.45) is 89.4. The maximum Gasteiger partial charge on any atom is 0.306 e. The molecule has 0 N–H and O–H groups in total. The van der Waals surface area contributed by atoms with Crippen molar-refractivity contribution in [3.05, 3.63) is 24.3 Å². The van der Waals surface area contributed by atoms with Crippen molar-refractivity contribution in [1.29, 1.82) is 0 Å². The second-order valence-corrected chi connectivity index (χ2v) is 25.9. The lowest BCUT2D eigenvalue weighted by molar-refractivity contribution is -0.167. The Labute approximate surface area is 519 Å². The Bertz CT molecular complexity index is 1340. The molecule has 0 aliphatic heterocycles. The molecule has 1 unspecified atom stereocenters. The first-order valence-electron chi connectivity index (χ1n) is 37.8. The van der Waals surface area contributed by atoms with E-state index in [0.29, 0.717) is 19.3 Å². The first-order chi connectivity index (χ1) is 41.0. The third-order valence-electron chi connectivity index (χ3n) is 17.4. The summed E-state index contributed by atoms with van der Waals surface area (Å²) in [5, 5.41) is 0. The van der Waals surface area contributed by atoms with Crippen molar-refractivity contribution in [2.75, 3.05) is 13.2 Å². The summed E-state index contributed by atoms with van der Waals surface area (Å²) in [5.41, 5.74) is 0. The summed E-state index contributed by atoms with van der Waals surface area (Å²) < 4.78 is 17.0. The monoisotopic (exact) mass is 1170 g/mol. The largest absolute Gasteiger partial charge is 0.462 e. The number of carbonyl (C=O) groups is 3. The van der Waals surface area contributed by atoms with Crippen LogP contribution in [0.3, 0.4) is 0 Å². The maximum atomic E-state index is 13.0. The van der Waals surface area contributed by atoms with Gasteiger partial charge in [0.2, 0.25) is 0 Å². The van der Waals surface area contributed by atoms with Crippen molar-refractivity contribution in [2.24, 2.45) is 0 Å². The summed E-state index contributed by atoms with van der Waals surface area (Å²) in [5.74, 6) is -0.844. The minimum Gasteiger partial charge on any atom is -0.462 e. The highest BCUT2D eigenvalue weighted by Gasteiger charge is 2.20. The summed E-state index contributed by atoms with van der Waals surface area (Å²) in [6.45, 7) is 6.71.